The van der Waals surface area contributed by atoms with E-state index in [9.17, 15) is 30.3 Å². The Balaban J connectivity index is 1.20. The van der Waals surface area contributed by atoms with Gasteiger partial charge in [0.2, 0.25) is 0 Å². The number of aromatic hydroxyl groups is 1. The molecule has 13 nitrogen and oxygen atoms in total. The van der Waals surface area contributed by atoms with Crippen LogP contribution in [-0.4, -0.2) is 110 Å². The van der Waals surface area contributed by atoms with Gasteiger partial charge in [-0.15, -0.1) is 0 Å². The number of phenolic OH excluding ortho intramolecular Hbond substituents is 1. The molecule has 12 unspecified atom stereocenters. The molecule has 1 aromatic carbocycles. The van der Waals surface area contributed by atoms with E-state index >= 15 is 0 Å². The Morgan fingerprint density at radius 1 is 1.02 bits per heavy atom. The number of hydrogen-bond acceptors (Lipinski definition) is 15. The van der Waals surface area contributed by atoms with Gasteiger partial charge in [0.1, 0.15) is 12.2 Å². The number of aliphatic hydroxyl groups excluding tert-OH is 3. The molecule has 8 bridgehead atoms. The number of fused-ring (bicyclic) bond motifs is 10. The number of piperidine rings is 1. The lowest BCUT2D eigenvalue weighted by Gasteiger charge is -2.52. The van der Waals surface area contributed by atoms with Gasteiger partial charge in [-0.25, -0.2) is 4.99 Å². The zero-order valence-corrected chi connectivity index (χ0v) is 39.8. The molecule has 10 rings (SSSR count). The molecular formula is C50H73N5O8S2. The molecule has 0 aromatic heterocycles. The fraction of sp³-hybridized carbons (Fsp3) is 0.760. The zero-order valence-electron chi connectivity index (χ0n) is 38.1. The van der Waals surface area contributed by atoms with E-state index in [1.807, 2.05) is 33.7 Å². The van der Waals surface area contributed by atoms with E-state index in [1.165, 1.54) is 45.1 Å². The van der Waals surface area contributed by atoms with E-state index < -0.39 is 53.9 Å². The fourth-order valence-corrected chi connectivity index (χ4v) is 16.4. The summed E-state index contributed by atoms with van der Waals surface area (Å²) in [5, 5.41) is 69.1. The summed E-state index contributed by atoms with van der Waals surface area (Å²) in [5.41, 5.74) is 6.44. The Morgan fingerprint density at radius 3 is 2.66 bits per heavy atom. The van der Waals surface area contributed by atoms with Crippen LogP contribution in [0, 0.1) is 40.4 Å². The van der Waals surface area contributed by atoms with Crippen molar-refractivity contribution in [1.82, 2.24) is 16.0 Å². The van der Waals surface area contributed by atoms with Crippen molar-refractivity contribution in [1.29, 1.82) is 0 Å². The van der Waals surface area contributed by atoms with E-state index in [0.29, 0.717) is 36.2 Å². The molecule has 358 valence electrons. The number of benzene rings is 1. The SMILES string of the molecule is CC(=O)OC1CC(O)CCC23C#CC4CC5CCC(NCCSSCC6(CCCC7(CCCC7)C6)NC(N)=NC2C=CCC3O)C2(C5)CC(CCN2)Oc2cc(c(C(O)O)cc2O)CC41. The van der Waals surface area contributed by atoms with Crippen LogP contribution >= 0.6 is 21.6 Å². The summed E-state index contributed by atoms with van der Waals surface area (Å²) in [5.74, 6) is 8.61. The van der Waals surface area contributed by atoms with Gasteiger partial charge in [0.15, 0.2) is 23.7 Å². The Hall–Kier alpha value is -2.68. The van der Waals surface area contributed by atoms with Crippen molar-refractivity contribution in [3.63, 3.8) is 0 Å². The topological polar surface area (TPSA) is 211 Å². The number of aliphatic hydroxyl groups is 4. The van der Waals surface area contributed by atoms with Crippen LogP contribution in [0.3, 0.4) is 0 Å². The Kier molecular flexibility index (Phi) is 14.4. The molecule has 9 aliphatic rings. The Bertz CT molecular complexity index is 2010. The Morgan fingerprint density at radius 2 is 1.85 bits per heavy atom. The van der Waals surface area contributed by atoms with Crippen LogP contribution < -0.4 is 26.4 Å². The van der Waals surface area contributed by atoms with Gasteiger partial charge < -0.3 is 56.7 Å². The van der Waals surface area contributed by atoms with E-state index in [2.05, 4.69) is 27.8 Å². The molecule has 4 aliphatic heterocycles. The van der Waals surface area contributed by atoms with Crippen molar-refractivity contribution in [3.05, 3.63) is 35.4 Å². The molecule has 0 amide bonds. The highest BCUT2D eigenvalue weighted by Gasteiger charge is 2.51. The molecule has 10 N–H and O–H groups in total. The summed E-state index contributed by atoms with van der Waals surface area (Å²) in [6.45, 7) is 2.98. The highest BCUT2D eigenvalue weighted by atomic mass is 33.1. The second kappa shape index (κ2) is 19.7. The molecule has 65 heavy (non-hydrogen) atoms. The van der Waals surface area contributed by atoms with Crippen LogP contribution in [0.4, 0.5) is 0 Å². The fourth-order valence-electron chi connectivity index (χ4n) is 13.9. The van der Waals surface area contributed by atoms with Crippen molar-refractivity contribution in [2.45, 2.75) is 183 Å². The maximum atomic E-state index is 13.0. The van der Waals surface area contributed by atoms with Gasteiger partial charge in [0.25, 0.3) is 0 Å². The third kappa shape index (κ3) is 10.2. The minimum absolute atomic E-state index is 0.130. The molecule has 1 saturated heterocycles. The molecule has 4 heterocycles. The highest BCUT2D eigenvalue weighted by molar-refractivity contribution is 8.76. The van der Waals surface area contributed by atoms with Crippen LogP contribution in [0.15, 0.2) is 29.3 Å². The predicted octanol–water partition coefficient (Wildman–Crippen LogP) is 5.51. The maximum absolute atomic E-state index is 13.0. The summed E-state index contributed by atoms with van der Waals surface area (Å²) >= 11 is 0. The predicted molar refractivity (Wildman–Crippen MR) is 255 cm³/mol. The largest absolute Gasteiger partial charge is 0.504 e. The standard InChI is InChI=1S/C50H73N5O8S2/c1-31(56)62-40-25-35(57)11-18-49-17-10-33-22-32-8-9-43(50(27-32)28-36(12-19-53-50)63-41-24-34(23-37(33)40)38(45(60)61)26-39(41)58)52-20-21-64-65-30-48(16-5-15-47(29-48)13-2-3-14-47)55-46(51)54-42(49)6-4-7-44(49)59/h4,6,24,26,32-33,35-37,40,42-45,52-53,57-61H,2-3,5,7-9,11-16,18-23,25,27-30H2,1H3,(H3,51,54,55). The average Bonchev–Trinajstić information content (AvgIpc) is 3.70. The minimum atomic E-state index is -1.90. The molecular weight excluding hydrogens is 863 g/mol. The van der Waals surface area contributed by atoms with Gasteiger partial charge in [0, 0.05) is 66.8 Å². The van der Waals surface area contributed by atoms with Crippen LogP contribution in [0.25, 0.3) is 0 Å². The van der Waals surface area contributed by atoms with Crippen molar-refractivity contribution in [2.24, 2.45) is 39.3 Å². The molecule has 0 radical (unpaired) electrons. The maximum Gasteiger partial charge on any atom is 0.302 e. The van der Waals surface area contributed by atoms with E-state index in [-0.39, 0.29) is 65.5 Å². The number of guanidine groups is 1. The first kappa shape index (κ1) is 47.4. The van der Waals surface area contributed by atoms with Crippen molar-refractivity contribution >= 4 is 33.5 Å². The van der Waals surface area contributed by atoms with Crippen molar-refractivity contribution < 1.29 is 39.8 Å². The van der Waals surface area contributed by atoms with Gasteiger partial charge in [-0.2, -0.15) is 0 Å². The van der Waals surface area contributed by atoms with E-state index in [0.717, 1.165) is 76.0 Å². The normalized spacial score (nSPS) is 39.8. The second-order valence-corrected chi connectivity index (χ2v) is 23.9. The van der Waals surface area contributed by atoms with E-state index in [1.54, 1.807) is 6.07 Å². The Labute approximate surface area is 393 Å². The summed E-state index contributed by atoms with van der Waals surface area (Å²) in [7, 11) is 3.85. The number of phenols is 1. The quantitative estimate of drug-likeness (QED) is 0.0589. The number of ether oxygens (including phenoxy) is 2. The van der Waals surface area contributed by atoms with E-state index in [4.69, 9.17) is 20.2 Å². The monoisotopic (exact) mass is 935 g/mol. The number of aliphatic imine (C=N–C) groups is 1. The van der Waals surface area contributed by atoms with Crippen molar-refractivity contribution in [2.75, 3.05) is 24.6 Å². The first-order chi connectivity index (χ1) is 31.3. The zero-order chi connectivity index (χ0) is 45.4. The number of esters is 1. The van der Waals surface area contributed by atoms with Gasteiger partial charge in [-0.1, -0.05) is 64.8 Å². The third-order valence-corrected chi connectivity index (χ3v) is 19.5. The third-order valence-electron chi connectivity index (χ3n) is 17.0. The molecule has 5 aliphatic carbocycles. The minimum Gasteiger partial charge on any atom is -0.504 e. The molecule has 4 fully saturated rings. The van der Waals surface area contributed by atoms with Crippen LogP contribution in [0.2, 0.25) is 0 Å². The summed E-state index contributed by atoms with van der Waals surface area (Å²) in [4.78, 5) is 18.3. The van der Waals surface area contributed by atoms with Gasteiger partial charge in [-0.05, 0) is 125 Å². The average molecular weight is 936 g/mol. The lowest BCUT2D eigenvalue weighted by Crippen LogP contribution is -2.66. The molecule has 15 heteroatoms. The number of hydrogen-bond donors (Lipinski definition) is 9. The first-order valence-corrected chi connectivity index (χ1v) is 27.2. The molecule has 4 spiro atoms. The number of nitrogens with one attached hydrogen (secondary N) is 3. The highest BCUT2D eigenvalue weighted by Crippen LogP contribution is 2.53. The lowest BCUT2D eigenvalue weighted by atomic mass is 9.64. The molecule has 1 aromatic rings. The summed E-state index contributed by atoms with van der Waals surface area (Å²) in [6, 6.07) is 2.67. The smallest absolute Gasteiger partial charge is 0.302 e. The van der Waals surface area contributed by atoms with Crippen LogP contribution in [0.1, 0.15) is 140 Å². The van der Waals surface area contributed by atoms with Gasteiger partial charge in [0.05, 0.1) is 29.2 Å². The van der Waals surface area contributed by atoms with Crippen LogP contribution in [-0.2, 0) is 16.0 Å². The summed E-state index contributed by atoms with van der Waals surface area (Å²) in [6.07, 6.45) is 15.1. The number of nitrogens with two attached hydrogens (primary N) is 1. The van der Waals surface area contributed by atoms with Gasteiger partial charge >= 0.3 is 5.97 Å². The lowest BCUT2D eigenvalue weighted by molar-refractivity contribution is -0.152. The summed E-state index contributed by atoms with van der Waals surface area (Å²) < 4.78 is 12.9. The number of rotatable bonds is 2. The number of carbonyl (C=O) groups is 1. The second-order valence-electron chi connectivity index (χ2n) is 21.3. The first-order valence-electron chi connectivity index (χ1n) is 24.7. The molecule has 3 saturated carbocycles. The molecule has 12 atom stereocenters. The van der Waals surface area contributed by atoms with Crippen LogP contribution in [0.5, 0.6) is 11.5 Å². The van der Waals surface area contributed by atoms with Gasteiger partial charge in [-0.3, -0.25) is 4.79 Å². The van der Waals surface area contributed by atoms with Crippen molar-refractivity contribution in [3.8, 4) is 23.3 Å². The number of nitrogens with zero attached hydrogens (tertiary/aromatic N) is 1. The number of carbonyl (C=O) groups excluding carboxylic acids is 1.